The van der Waals surface area contributed by atoms with Gasteiger partial charge in [0.1, 0.15) is 5.82 Å². The molecule has 1 saturated heterocycles. The summed E-state index contributed by atoms with van der Waals surface area (Å²) in [6, 6.07) is 2.96. The van der Waals surface area contributed by atoms with E-state index < -0.39 is 4.92 Å². The topological polar surface area (TPSA) is 97.3 Å². The van der Waals surface area contributed by atoms with Gasteiger partial charge in [0.2, 0.25) is 5.82 Å². The van der Waals surface area contributed by atoms with Crippen LogP contribution in [0.2, 0.25) is 0 Å². The van der Waals surface area contributed by atoms with Crippen LogP contribution in [0.4, 0.5) is 17.3 Å². The van der Waals surface area contributed by atoms with Crippen molar-refractivity contribution < 1.29 is 4.92 Å². The maximum absolute atomic E-state index is 11.2. The number of hydrazine groups is 1. The molecule has 7 nitrogen and oxygen atoms in total. The average molecular weight is 297 g/mol. The maximum Gasteiger partial charge on any atom is 0.311 e. The second-order valence-electron chi connectivity index (χ2n) is 5.29. The van der Waals surface area contributed by atoms with Crippen LogP contribution in [0.25, 0.3) is 0 Å². The van der Waals surface area contributed by atoms with Crippen LogP contribution in [0.15, 0.2) is 12.1 Å². The quantitative estimate of drug-likeness (QED) is 0.500. The number of nitro groups is 1. The standard InChI is InChI=1S/C12H19N5O2S/c1-12(2)5-6-16(7-8-20-12)11-9(17(18)19)3-4-10(14-11)15-13/h3-4H,5-8,13H2,1-2H3,(H,14,15). The van der Waals surface area contributed by atoms with Gasteiger partial charge in [-0.15, -0.1) is 0 Å². The molecule has 0 saturated carbocycles. The van der Waals surface area contributed by atoms with Crippen molar-refractivity contribution in [3.8, 4) is 0 Å². The van der Waals surface area contributed by atoms with Gasteiger partial charge in [-0.1, -0.05) is 13.8 Å². The van der Waals surface area contributed by atoms with Gasteiger partial charge in [-0.05, 0) is 12.5 Å². The first-order valence-electron chi connectivity index (χ1n) is 6.44. The Morgan fingerprint density at radius 2 is 2.25 bits per heavy atom. The first-order valence-corrected chi connectivity index (χ1v) is 7.42. The molecule has 1 aromatic rings. The molecule has 0 unspecified atom stereocenters. The molecule has 110 valence electrons. The molecule has 1 aliphatic heterocycles. The maximum atomic E-state index is 11.2. The van der Waals surface area contributed by atoms with Crippen molar-refractivity contribution in [3.63, 3.8) is 0 Å². The van der Waals surface area contributed by atoms with Gasteiger partial charge in [-0.25, -0.2) is 10.8 Å². The van der Waals surface area contributed by atoms with Crippen LogP contribution in [-0.2, 0) is 0 Å². The van der Waals surface area contributed by atoms with E-state index in [1.165, 1.54) is 12.1 Å². The lowest BCUT2D eigenvalue weighted by molar-refractivity contribution is -0.384. The lowest BCUT2D eigenvalue weighted by atomic mass is 10.1. The number of aromatic nitrogens is 1. The highest BCUT2D eigenvalue weighted by molar-refractivity contribution is 8.00. The summed E-state index contributed by atoms with van der Waals surface area (Å²) in [6.07, 6.45) is 0.955. The van der Waals surface area contributed by atoms with Gasteiger partial charge in [0.15, 0.2) is 0 Å². The normalized spacial score (nSPS) is 18.4. The zero-order valence-electron chi connectivity index (χ0n) is 11.6. The Morgan fingerprint density at radius 3 is 2.90 bits per heavy atom. The smallest absolute Gasteiger partial charge is 0.311 e. The molecule has 1 aromatic heterocycles. The highest BCUT2D eigenvalue weighted by Crippen LogP contribution is 2.34. The minimum atomic E-state index is -0.397. The number of nitrogens with one attached hydrogen (secondary N) is 1. The molecule has 0 bridgehead atoms. The SMILES string of the molecule is CC1(C)CCN(c2nc(NN)ccc2[N+](=O)[O-])CCS1. The van der Waals surface area contributed by atoms with E-state index in [9.17, 15) is 10.1 Å². The van der Waals surface area contributed by atoms with E-state index in [0.717, 1.165) is 25.3 Å². The number of rotatable bonds is 3. The Kier molecular flexibility index (Phi) is 4.34. The van der Waals surface area contributed by atoms with E-state index >= 15 is 0 Å². The van der Waals surface area contributed by atoms with E-state index in [2.05, 4.69) is 24.3 Å². The molecule has 3 N–H and O–H groups in total. The van der Waals surface area contributed by atoms with Crippen LogP contribution in [0.3, 0.4) is 0 Å². The summed E-state index contributed by atoms with van der Waals surface area (Å²) in [7, 11) is 0. The van der Waals surface area contributed by atoms with Gasteiger partial charge < -0.3 is 10.3 Å². The number of hydrogen-bond acceptors (Lipinski definition) is 7. The van der Waals surface area contributed by atoms with Crippen molar-refractivity contribution in [3.05, 3.63) is 22.2 Å². The zero-order chi connectivity index (χ0) is 14.8. The molecule has 0 aromatic carbocycles. The summed E-state index contributed by atoms with van der Waals surface area (Å²) in [5.74, 6) is 7.09. The van der Waals surface area contributed by atoms with Crippen LogP contribution in [-0.4, -0.2) is 33.5 Å². The predicted octanol–water partition coefficient (Wildman–Crippen LogP) is 2.00. The van der Waals surface area contributed by atoms with Crippen LogP contribution < -0.4 is 16.2 Å². The average Bonchev–Trinajstić information content (AvgIpc) is 2.58. The van der Waals surface area contributed by atoms with Crippen molar-refractivity contribution in [2.24, 2.45) is 5.84 Å². The van der Waals surface area contributed by atoms with Crippen LogP contribution >= 0.6 is 11.8 Å². The Morgan fingerprint density at radius 1 is 1.50 bits per heavy atom. The number of hydrogen-bond donors (Lipinski definition) is 2. The van der Waals surface area contributed by atoms with E-state index in [1.54, 1.807) is 0 Å². The van der Waals surface area contributed by atoms with Crippen LogP contribution in [0, 0.1) is 10.1 Å². The molecular formula is C12H19N5O2S. The van der Waals surface area contributed by atoms with E-state index in [1.807, 2.05) is 16.7 Å². The third-order valence-corrected chi connectivity index (χ3v) is 4.71. The molecule has 8 heteroatoms. The third kappa shape index (κ3) is 3.31. The molecule has 0 aliphatic carbocycles. The fraction of sp³-hybridized carbons (Fsp3) is 0.583. The van der Waals surface area contributed by atoms with Crippen molar-refractivity contribution >= 4 is 29.1 Å². The van der Waals surface area contributed by atoms with Gasteiger partial charge >= 0.3 is 5.69 Å². The Bertz CT molecular complexity index is 509. The predicted molar refractivity (Wildman–Crippen MR) is 82.1 cm³/mol. The molecule has 0 atom stereocenters. The molecule has 1 aliphatic rings. The monoisotopic (exact) mass is 297 g/mol. The van der Waals surface area contributed by atoms with Crippen molar-refractivity contribution in [1.29, 1.82) is 0 Å². The van der Waals surface area contributed by atoms with Crippen LogP contribution in [0.1, 0.15) is 20.3 Å². The number of anilines is 2. The highest BCUT2D eigenvalue weighted by Gasteiger charge is 2.28. The minimum Gasteiger partial charge on any atom is -0.350 e. The first kappa shape index (κ1) is 14.9. The van der Waals surface area contributed by atoms with Crippen molar-refractivity contribution in [1.82, 2.24) is 4.98 Å². The summed E-state index contributed by atoms with van der Waals surface area (Å²) < 4.78 is 0.188. The Hall–Kier alpha value is -1.54. The molecule has 20 heavy (non-hydrogen) atoms. The summed E-state index contributed by atoms with van der Waals surface area (Å²) >= 11 is 1.88. The fourth-order valence-corrected chi connectivity index (χ4v) is 3.23. The summed E-state index contributed by atoms with van der Waals surface area (Å²) in [5, 5.41) is 11.2. The minimum absolute atomic E-state index is 0.0220. The zero-order valence-corrected chi connectivity index (χ0v) is 12.4. The van der Waals surface area contributed by atoms with Gasteiger partial charge in [0, 0.05) is 29.7 Å². The number of nitrogens with zero attached hydrogens (tertiary/aromatic N) is 3. The van der Waals surface area contributed by atoms with Gasteiger partial charge in [0.25, 0.3) is 0 Å². The largest absolute Gasteiger partial charge is 0.350 e. The molecule has 2 heterocycles. The molecule has 1 fully saturated rings. The van der Waals surface area contributed by atoms with Gasteiger partial charge in [-0.3, -0.25) is 10.1 Å². The van der Waals surface area contributed by atoms with Crippen molar-refractivity contribution in [2.75, 3.05) is 29.2 Å². The summed E-state index contributed by atoms with van der Waals surface area (Å²) in [5.41, 5.74) is 2.46. The van der Waals surface area contributed by atoms with E-state index in [-0.39, 0.29) is 10.4 Å². The number of pyridine rings is 1. The van der Waals surface area contributed by atoms with Crippen LogP contribution in [0.5, 0.6) is 0 Å². The first-order chi connectivity index (χ1) is 9.43. The lowest BCUT2D eigenvalue weighted by Gasteiger charge is -2.23. The second-order valence-corrected chi connectivity index (χ2v) is 7.09. The molecular weight excluding hydrogens is 278 g/mol. The highest BCUT2D eigenvalue weighted by atomic mass is 32.2. The number of nitrogen functional groups attached to an aromatic ring is 1. The summed E-state index contributed by atoms with van der Waals surface area (Å²) in [4.78, 5) is 17.0. The number of thioether (sulfide) groups is 1. The van der Waals surface area contributed by atoms with E-state index in [0.29, 0.717) is 11.6 Å². The molecule has 0 spiro atoms. The van der Waals surface area contributed by atoms with Gasteiger partial charge in [0.05, 0.1) is 4.92 Å². The Balaban J connectivity index is 2.32. The fourth-order valence-electron chi connectivity index (χ4n) is 2.13. The number of nitrogens with two attached hydrogens (primary N) is 1. The van der Waals surface area contributed by atoms with Crippen molar-refractivity contribution in [2.45, 2.75) is 25.0 Å². The van der Waals surface area contributed by atoms with E-state index in [4.69, 9.17) is 5.84 Å². The summed E-state index contributed by atoms with van der Waals surface area (Å²) in [6.45, 7) is 5.89. The Labute approximate surface area is 122 Å². The third-order valence-electron chi connectivity index (χ3n) is 3.34. The molecule has 0 amide bonds. The molecule has 0 radical (unpaired) electrons. The second kappa shape index (κ2) is 5.84. The van der Waals surface area contributed by atoms with Gasteiger partial charge in [-0.2, -0.15) is 11.8 Å². The molecule has 2 rings (SSSR count). The lowest BCUT2D eigenvalue weighted by Crippen LogP contribution is -2.28.